The van der Waals surface area contributed by atoms with Crippen LogP contribution >= 0.6 is 0 Å². The first-order valence-corrected chi connectivity index (χ1v) is 44.9. The number of hydrogen-bond acceptors (Lipinski definition) is 12. The van der Waals surface area contributed by atoms with E-state index in [1.54, 1.807) is 0 Å². The Balaban J connectivity index is 0.000000114. The smallest absolute Gasteiger partial charge is 0.164 e. The van der Waals surface area contributed by atoms with Gasteiger partial charge in [0, 0.05) is 99.1 Å². The molecule has 0 N–H and O–H groups in total. The lowest BCUT2D eigenvalue weighted by Crippen LogP contribution is -2.00. The number of fused-ring (bicyclic) bond motifs is 9. The molecule has 12 nitrogen and oxygen atoms in total. The van der Waals surface area contributed by atoms with Crippen molar-refractivity contribution in [3.63, 3.8) is 0 Å². The molecule has 0 unspecified atom stereocenters. The van der Waals surface area contributed by atoms with Gasteiger partial charge in [0.25, 0.3) is 0 Å². The van der Waals surface area contributed by atoms with Crippen LogP contribution in [0.5, 0.6) is 0 Å². The molecule has 634 valence electrons. The zero-order valence-electron chi connectivity index (χ0n) is 72.9. The third-order valence-corrected chi connectivity index (χ3v) is 24.4. The van der Waals surface area contributed by atoms with E-state index in [-0.39, 0.29) is 0 Å². The molecule has 0 spiro atoms. The van der Waals surface area contributed by atoms with Gasteiger partial charge in [0.2, 0.25) is 0 Å². The van der Waals surface area contributed by atoms with Gasteiger partial charge in [0.1, 0.15) is 33.5 Å². The third-order valence-electron chi connectivity index (χ3n) is 24.4. The molecule has 0 bridgehead atoms. The van der Waals surface area contributed by atoms with Gasteiger partial charge in [-0.3, -0.25) is 0 Å². The molecule has 0 aliphatic rings. The van der Waals surface area contributed by atoms with Crippen molar-refractivity contribution in [3.05, 3.63) is 479 Å². The molecular weight excluding hydrogens is 1650 g/mol. The van der Waals surface area contributed by atoms with Crippen LogP contribution in [-0.2, 0) is 0 Å². The number of para-hydroxylation sites is 3. The van der Waals surface area contributed by atoms with E-state index in [9.17, 15) is 0 Å². The van der Waals surface area contributed by atoms with Crippen molar-refractivity contribution in [2.45, 2.75) is 0 Å². The van der Waals surface area contributed by atoms with Crippen LogP contribution in [0.1, 0.15) is 0 Å². The summed E-state index contributed by atoms with van der Waals surface area (Å²) in [6.07, 6.45) is 0. The van der Waals surface area contributed by atoms with E-state index in [4.69, 9.17) is 58.1 Å². The second-order valence-corrected chi connectivity index (χ2v) is 32.9. The second-order valence-electron chi connectivity index (χ2n) is 32.9. The van der Waals surface area contributed by atoms with Gasteiger partial charge in [0.05, 0.1) is 0 Å². The van der Waals surface area contributed by atoms with Gasteiger partial charge >= 0.3 is 0 Å². The summed E-state index contributed by atoms with van der Waals surface area (Å²) >= 11 is 0. The van der Waals surface area contributed by atoms with Crippen LogP contribution in [0.2, 0.25) is 0 Å². The first kappa shape index (κ1) is 81.1. The van der Waals surface area contributed by atoms with Crippen LogP contribution in [0.4, 0.5) is 0 Å². The van der Waals surface area contributed by atoms with Crippen LogP contribution in [0.25, 0.3) is 246 Å². The molecule has 0 saturated carbocycles. The highest BCUT2D eigenvalue weighted by Crippen LogP contribution is 2.47. The van der Waals surface area contributed by atoms with Crippen molar-refractivity contribution < 1.29 is 13.3 Å². The molecule has 25 aromatic rings. The lowest BCUT2D eigenvalue weighted by Gasteiger charge is -2.11. The van der Waals surface area contributed by atoms with E-state index in [0.717, 1.165) is 194 Å². The summed E-state index contributed by atoms with van der Waals surface area (Å²) in [5, 5.41) is 6.63. The molecule has 0 radical (unpaired) electrons. The van der Waals surface area contributed by atoms with Crippen LogP contribution in [0.15, 0.2) is 492 Å². The predicted molar refractivity (Wildman–Crippen MR) is 548 cm³/mol. The Morgan fingerprint density at radius 2 is 0.289 bits per heavy atom. The van der Waals surface area contributed by atoms with E-state index < -0.39 is 0 Å². The van der Waals surface area contributed by atoms with Crippen LogP contribution < -0.4 is 0 Å². The number of aromatic nitrogens is 9. The van der Waals surface area contributed by atoms with E-state index in [0.29, 0.717) is 52.4 Å². The average Bonchev–Trinajstić information content (AvgIpc) is 1.63. The Bertz CT molecular complexity index is 8450. The maximum atomic E-state index is 6.54. The van der Waals surface area contributed by atoms with E-state index in [1.165, 1.54) is 0 Å². The minimum Gasteiger partial charge on any atom is -0.455 e. The first-order chi connectivity index (χ1) is 66.9. The largest absolute Gasteiger partial charge is 0.455 e. The third kappa shape index (κ3) is 16.4. The van der Waals surface area contributed by atoms with E-state index >= 15 is 0 Å². The Labute approximate surface area is 778 Å². The zero-order valence-corrected chi connectivity index (χ0v) is 72.9. The summed E-state index contributed by atoms with van der Waals surface area (Å²) in [7, 11) is 0. The highest BCUT2D eigenvalue weighted by atomic mass is 16.3. The first-order valence-electron chi connectivity index (χ1n) is 44.9. The van der Waals surface area contributed by atoms with Gasteiger partial charge in [0.15, 0.2) is 52.4 Å². The molecule has 0 aliphatic heterocycles. The van der Waals surface area contributed by atoms with Crippen molar-refractivity contribution in [2.24, 2.45) is 0 Å². The molecule has 25 rings (SSSR count). The average molecular weight is 1730 g/mol. The summed E-state index contributed by atoms with van der Waals surface area (Å²) < 4.78 is 19.5. The Morgan fingerprint density at radius 1 is 0.119 bits per heavy atom. The van der Waals surface area contributed by atoms with Crippen molar-refractivity contribution in [2.75, 3.05) is 0 Å². The van der Waals surface area contributed by atoms with E-state index in [2.05, 4.69) is 243 Å². The predicted octanol–water partition coefficient (Wildman–Crippen LogP) is 32.0. The fourth-order valence-electron chi connectivity index (χ4n) is 17.9. The quantitative estimate of drug-likeness (QED) is 0.0904. The van der Waals surface area contributed by atoms with Crippen LogP contribution in [0.3, 0.4) is 0 Å². The van der Waals surface area contributed by atoms with Gasteiger partial charge in [-0.2, -0.15) is 0 Å². The summed E-state index contributed by atoms with van der Waals surface area (Å²) in [6, 6.07) is 164. The summed E-state index contributed by atoms with van der Waals surface area (Å²) in [5.74, 6) is 5.78. The lowest BCUT2D eigenvalue weighted by molar-refractivity contribution is 0.669. The second kappa shape index (κ2) is 36.3. The number of benzene rings is 19. The molecule has 0 aliphatic carbocycles. The number of hydrogen-bond donors (Lipinski definition) is 0. The summed E-state index contributed by atoms with van der Waals surface area (Å²) in [6.45, 7) is 0. The standard InChI is InChI=1S/C45H29N3O.2C39H25N3O/c1-4-14-30(15-5-1)38-27-26-37(41-39-24-10-11-25-40(39)49-42(38)41)35-22-12-20-33(28-35)34-21-13-23-36(29-34)45-47-43(31-16-6-2-7-17-31)46-44(48-45)32-18-8-3-9-19-32;1-4-13-26(14-5-1)32-24-23-31(35-33-21-10-11-22-34(33)43-36(32)35)29-19-12-20-30(25-29)39-41-37(27-15-6-2-7-16-27)40-38(42-39)28-17-8-3-9-18-28;1-4-12-26(13-5-1)32-25-24-31(35-33-18-10-11-19-34(33)43-36(32)35)27-20-22-30(23-21-27)39-41-37(28-14-6-2-7-15-28)40-38(42-39)29-16-8-3-9-17-29/h1-29H;2*1-25H. The lowest BCUT2D eigenvalue weighted by atomic mass is 9.93. The SMILES string of the molecule is c1ccc(-c2nc(-c3ccccc3)nc(-c3ccc(-c4ccc(-c5ccccc5)c5oc6ccccc6c45)cc3)n2)cc1.c1ccc(-c2nc(-c3ccccc3)nc(-c3cccc(-c4ccc(-c5ccccc5)c5oc6ccccc6c45)c3)n2)cc1.c1ccc(-c2nc(-c3ccccc3)nc(-c3cccc(-c4cccc(-c5ccc(-c6ccccc6)c6oc7ccccc7c56)c4)c3)n2)cc1. The van der Waals surface area contributed by atoms with Crippen molar-refractivity contribution in [1.82, 2.24) is 44.9 Å². The molecule has 0 fully saturated rings. The van der Waals surface area contributed by atoms with Gasteiger partial charge < -0.3 is 13.3 Å². The number of furan rings is 3. The minimum atomic E-state index is 0.628. The molecule has 135 heavy (non-hydrogen) atoms. The molecule has 0 saturated heterocycles. The molecule has 19 aromatic carbocycles. The van der Waals surface area contributed by atoms with Gasteiger partial charge in [-0.25, -0.2) is 44.9 Å². The maximum absolute atomic E-state index is 6.54. The fraction of sp³-hybridized carbons (Fsp3) is 0. The van der Waals surface area contributed by atoms with Crippen LogP contribution in [0, 0.1) is 0 Å². The van der Waals surface area contributed by atoms with Crippen LogP contribution in [-0.4, -0.2) is 44.9 Å². The maximum Gasteiger partial charge on any atom is 0.164 e. The van der Waals surface area contributed by atoms with E-state index in [1.807, 2.05) is 237 Å². The highest BCUT2D eigenvalue weighted by Gasteiger charge is 2.25. The van der Waals surface area contributed by atoms with Crippen molar-refractivity contribution in [3.8, 4) is 180 Å². The minimum absolute atomic E-state index is 0.628. The topological polar surface area (TPSA) is 155 Å². The Morgan fingerprint density at radius 3 is 0.563 bits per heavy atom. The monoisotopic (exact) mass is 1730 g/mol. The Kier molecular flexibility index (Phi) is 21.8. The Hall–Kier alpha value is -18.4. The molecule has 0 atom stereocenters. The fourth-order valence-corrected chi connectivity index (χ4v) is 17.9. The van der Waals surface area contributed by atoms with Gasteiger partial charge in [-0.15, -0.1) is 0 Å². The number of nitrogens with zero attached hydrogens (tertiary/aromatic N) is 9. The summed E-state index contributed by atoms with van der Waals surface area (Å²) in [4.78, 5) is 44.1. The van der Waals surface area contributed by atoms with Crippen molar-refractivity contribution in [1.29, 1.82) is 0 Å². The molecule has 6 aromatic heterocycles. The highest BCUT2D eigenvalue weighted by molar-refractivity contribution is 6.19. The number of rotatable bonds is 16. The molecule has 0 amide bonds. The normalized spacial score (nSPS) is 11.3. The van der Waals surface area contributed by atoms with Gasteiger partial charge in [-0.05, 0) is 116 Å². The summed E-state index contributed by atoms with van der Waals surface area (Å²) in [5.41, 5.74) is 29.2. The molecule has 12 heteroatoms. The zero-order chi connectivity index (χ0) is 89.8. The van der Waals surface area contributed by atoms with Crippen molar-refractivity contribution >= 4 is 65.8 Å². The molecule has 6 heterocycles. The molecular formula is C123H79N9O3. The van der Waals surface area contributed by atoms with Gasteiger partial charge in [-0.1, -0.05) is 425 Å².